The molecule has 136 valence electrons. The first-order chi connectivity index (χ1) is 12.0. The van der Waals surface area contributed by atoms with Crippen molar-refractivity contribution < 1.29 is 28.9 Å². The Balaban J connectivity index is 1.97. The van der Waals surface area contributed by atoms with Gasteiger partial charge in [-0.2, -0.15) is 0 Å². The number of nitrogens with zero attached hydrogens (tertiary/aromatic N) is 1. The molecule has 1 aromatic rings. The van der Waals surface area contributed by atoms with Gasteiger partial charge in [-0.3, -0.25) is 9.59 Å². The zero-order chi connectivity index (χ0) is 18.0. The molecule has 3 rings (SSSR count). The van der Waals surface area contributed by atoms with Gasteiger partial charge >= 0.3 is 5.97 Å². The number of hydrogen-bond donors (Lipinski definition) is 1. The van der Waals surface area contributed by atoms with E-state index in [1.54, 1.807) is 18.1 Å². The highest BCUT2D eigenvalue weighted by Gasteiger charge is 2.37. The largest absolute Gasteiger partial charge is 0.493 e. The molecule has 2 heterocycles. The molecule has 2 aliphatic heterocycles. The molecule has 0 aliphatic carbocycles. The van der Waals surface area contributed by atoms with Crippen LogP contribution in [0.3, 0.4) is 0 Å². The maximum Gasteiger partial charge on any atom is 0.305 e. The normalized spacial score (nSPS) is 22.4. The van der Waals surface area contributed by atoms with Crippen molar-refractivity contribution in [3.8, 4) is 11.5 Å². The molecule has 1 N–H and O–H groups in total. The van der Waals surface area contributed by atoms with E-state index in [4.69, 9.17) is 14.2 Å². The van der Waals surface area contributed by atoms with Crippen molar-refractivity contribution in [2.45, 2.75) is 37.8 Å². The topological polar surface area (TPSA) is 85.3 Å². The van der Waals surface area contributed by atoms with Gasteiger partial charge in [-0.1, -0.05) is 0 Å². The summed E-state index contributed by atoms with van der Waals surface area (Å²) in [5, 5.41) is 9.36. The van der Waals surface area contributed by atoms with Gasteiger partial charge < -0.3 is 24.2 Å². The number of rotatable bonds is 5. The van der Waals surface area contributed by atoms with Crippen molar-refractivity contribution in [3.63, 3.8) is 0 Å². The van der Waals surface area contributed by atoms with Gasteiger partial charge in [0, 0.05) is 13.2 Å². The summed E-state index contributed by atoms with van der Waals surface area (Å²) in [5.74, 6) is 0.0687. The van der Waals surface area contributed by atoms with E-state index in [1.807, 2.05) is 6.07 Å². The summed E-state index contributed by atoms with van der Waals surface area (Å²) in [5.41, 5.74) is 1.79. The van der Waals surface area contributed by atoms with E-state index in [9.17, 15) is 14.7 Å². The molecule has 1 fully saturated rings. The summed E-state index contributed by atoms with van der Waals surface area (Å²) in [6, 6.07) is 3.13. The molecule has 7 nitrogen and oxygen atoms in total. The van der Waals surface area contributed by atoms with Gasteiger partial charge in [-0.25, -0.2) is 0 Å². The van der Waals surface area contributed by atoms with Gasteiger partial charge in [0.15, 0.2) is 11.5 Å². The van der Waals surface area contributed by atoms with E-state index in [1.165, 1.54) is 7.11 Å². The lowest BCUT2D eigenvalue weighted by atomic mass is 9.89. The smallest absolute Gasteiger partial charge is 0.305 e. The standard InChI is InChI=1S/C18H23NO6/c1-23-15-8-11-5-6-19(18(22)14-4-3-7-25-14)13(10-17(20)21)12(11)9-16(15)24-2/h8-9,13-14H,3-7,10H2,1-2H3,(H,20,21)/t13-,14-/m1/s1. The van der Waals surface area contributed by atoms with E-state index in [0.717, 1.165) is 17.5 Å². The van der Waals surface area contributed by atoms with Crippen LogP contribution in [0, 0.1) is 0 Å². The molecule has 0 spiro atoms. The molecular formula is C18H23NO6. The van der Waals surface area contributed by atoms with Crippen LogP contribution in [0.25, 0.3) is 0 Å². The van der Waals surface area contributed by atoms with Crippen molar-refractivity contribution in [2.24, 2.45) is 0 Å². The first-order valence-corrected chi connectivity index (χ1v) is 8.43. The fourth-order valence-electron chi connectivity index (χ4n) is 3.63. The van der Waals surface area contributed by atoms with Crippen LogP contribution in [-0.2, 0) is 20.7 Å². The maximum atomic E-state index is 12.8. The number of carbonyl (C=O) groups is 2. The Morgan fingerprint density at radius 2 is 2.00 bits per heavy atom. The van der Waals surface area contributed by atoms with Gasteiger partial charge in [0.05, 0.1) is 26.7 Å². The van der Waals surface area contributed by atoms with Gasteiger partial charge in [0.2, 0.25) is 0 Å². The van der Waals surface area contributed by atoms with Crippen LogP contribution in [0.4, 0.5) is 0 Å². The molecule has 0 bridgehead atoms. The summed E-state index contributed by atoms with van der Waals surface area (Å²) < 4.78 is 16.2. The van der Waals surface area contributed by atoms with Crippen LogP contribution >= 0.6 is 0 Å². The third-order valence-corrected chi connectivity index (χ3v) is 4.86. The Hall–Kier alpha value is -2.28. The predicted octanol–water partition coefficient (Wildman–Crippen LogP) is 1.78. The molecule has 2 atom stereocenters. The molecule has 7 heteroatoms. The molecule has 1 amide bonds. The molecule has 0 unspecified atom stereocenters. The summed E-state index contributed by atoms with van der Waals surface area (Å²) in [6.07, 6.45) is 1.58. The number of hydrogen-bond acceptors (Lipinski definition) is 5. The second-order valence-corrected chi connectivity index (χ2v) is 6.30. The Labute approximate surface area is 146 Å². The number of methoxy groups -OCH3 is 2. The van der Waals surface area contributed by atoms with E-state index in [0.29, 0.717) is 37.5 Å². The number of fused-ring (bicyclic) bond motifs is 1. The summed E-state index contributed by atoms with van der Waals surface area (Å²) in [7, 11) is 3.10. The monoisotopic (exact) mass is 349 g/mol. The molecule has 0 saturated carbocycles. The minimum Gasteiger partial charge on any atom is -0.493 e. The Kier molecular flexibility index (Phi) is 5.13. The zero-order valence-corrected chi connectivity index (χ0v) is 14.5. The fourth-order valence-corrected chi connectivity index (χ4v) is 3.63. The van der Waals surface area contributed by atoms with Gasteiger partial charge in [-0.05, 0) is 42.5 Å². The van der Waals surface area contributed by atoms with Crippen LogP contribution < -0.4 is 9.47 Å². The van der Waals surface area contributed by atoms with Crippen molar-refractivity contribution >= 4 is 11.9 Å². The maximum absolute atomic E-state index is 12.8. The Morgan fingerprint density at radius 3 is 2.60 bits per heavy atom. The van der Waals surface area contributed by atoms with Crippen LogP contribution in [0.15, 0.2) is 12.1 Å². The Morgan fingerprint density at radius 1 is 1.28 bits per heavy atom. The van der Waals surface area contributed by atoms with Crippen LogP contribution in [0.1, 0.15) is 36.4 Å². The van der Waals surface area contributed by atoms with Gasteiger partial charge in [0.1, 0.15) is 6.10 Å². The number of aliphatic carboxylic acids is 1. The number of carboxylic acids is 1. The molecule has 2 aliphatic rings. The molecule has 1 saturated heterocycles. The van der Waals surface area contributed by atoms with E-state index < -0.39 is 18.1 Å². The molecule has 1 aromatic carbocycles. The number of amides is 1. The lowest BCUT2D eigenvalue weighted by Crippen LogP contribution is -2.45. The minimum atomic E-state index is -0.947. The summed E-state index contributed by atoms with van der Waals surface area (Å²) >= 11 is 0. The number of benzene rings is 1. The lowest BCUT2D eigenvalue weighted by Gasteiger charge is -2.38. The molecule has 0 radical (unpaired) electrons. The second kappa shape index (κ2) is 7.31. The van der Waals surface area contributed by atoms with Gasteiger partial charge in [0.25, 0.3) is 5.91 Å². The van der Waals surface area contributed by atoms with E-state index in [2.05, 4.69) is 0 Å². The molecule has 0 aromatic heterocycles. The average Bonchev–Trinajstić information content (AvgIpc) is 3.14. The molecular weight excluding hydrogens is 326 g/mol. The first-order valence-electron chi connectivity index (χ1n) is 8.43. The quantitative estimate of drug-likeness (QED) is 0.872. The minimum absolute atomic E-state index is 0.121. The van der Waals surface area contributed by atoms with E-state index in [-0.39, 0.29) is 12.3 Å². The first kappa shape index (κ1) is 17.5. The number of ether oxygens (including phenoxy) is 3. The lowest BCUT2D eigenvalue weighted by molar-refractivity contribution is -0.147. The summed E-state index contributed by atoms with van der Waals surface area (Å²) in [6.45, 7) is 1.05. The number of carboxylic acid groups (broad SMARTS) is 1. The van der Waals surface area contributed by atoms with Crippen molar-refractivity contribution in [1.29, 1.82) is 0 Å². The Bertz CT molecular complexity index is 668. The number of carbonyl (C=O) groups excluding carboxylic acids is 1. The highest BCUT2D eigenvalue weighted by atomic mass is 16.5. The van der Waals surface area contributed by atoms with Crippen LogP contribution in [0.2, 0.25) is 0 Å². The SMILES string of the molecule is COc1cc2c(cc1OC)[C@@H](CC(=O)O)N(C(=O)[C@H]1CCCO1)CC2. The highest BCUT2D eigenvalue weighted by Crippen LogP contribution is 2.40. The van der Waals surface area contributed by atoms with Crippen molar-refractivity contribution in [2.75, 3.05) is 27.4 Å². The second-order valence-electron chi connectivity index (χ2n) is 6.30. The average molecular weight is 349 g/mol. The van der Waals surface area contributed by atoms with E-state index >= 15 is 0 Å². The third-order valence-electron chi connectivity index (χ3n) is 4.86. The van der Waals surface area contributed by atoms with Crippen molar-refractivity contribution in [1.82, 2.24) is 4.90 Å². The third kappa shape index (κ3) is 3.42. The fraction of sp³-hybridized carbons (Fsp3) is 0.556. The van der Waals surface area contributed by atoms with Crippen LogP contribution in [-0.4, -0.2) is 55.4 Å². The summed E-state index contributed by atoms with van der Waals surface area (Å²) in [4.78, 5) is 25.9. The van der Waals surface area contributed by atoms with Gasteiger partial charge in [-0.15, -0.1) is 0 Å². The van der Waals surface area contributed by atoms with Crippen LogP contribution in [0.5, 0.6) is 11.5 Å². The molecule has 25 heavy (non-hydrogen) atoms. The predicted molar refractivity (Wildman–Crippen MR) is 88.9 cm³/mol. The zero-order valence-electron chi connectivity index (χ0n) is 14.5. The highest BCUT2D eigenvalue weighted by molar-refractivity contribution is 5.83. The van der Waals surface area contributed by atoms with Crippen molar-refractivity contribution in [3.05, 3.63) is 23.3 Å².